The Morgan fingerprint density at radius 2 is 0.643 bits per heavy atom. The molecule has 0 saturated carbocycles. The molecule has 0 aliphatic rings. The molecule has 0 saturated heterocycles. The van der Waals surface area contributed by atoms with Crippen molar-refractivity contribution in [2.45, 2.75) is 0 Å². The Hall–Kier alpha value is 0.317. The molecule has 0 atom stereocenters. The average molecular weight is 830 g/mol. The maximum atomic E-state index is 9.57. The summed E-state index contributed by atoms with van der Waals surface area (Å²) in [6.07, 6.45) is 0. The van der Waals surface area contributed by atoms with Crippen LogP contribution in [0, 0.1) is 0 Å². The molecule has 24 nitrogen and oxygen atoms in total. The maximum Gasteiger partial charge on any atom is -0.369 e. The van der Waals surface area contributed by atoms with Gasteiger partial charge in [-0.05, 0) is 0 Å². The van der Waals surface area contributed by atoms with Crippen LogP contribution in [0.1, 0.15) is 0 Å². The van der Waals surface area contributed by atoms with E-state index in [9.17, 15) is 30.2 Å². The molecule has 0 aromatic rings. The van der Waals surface area contributed by atoms with Crippen LogP contribution >= 0.6 is 15.6 Å². The van der Waals surface area contributed by atoms with Crippen molar-refractivity contribution < 1.29 is 111 Å². The van der Waals surface area contributed by atoms with Crippen molar-refractivity contribution in [3.63, 3.8) is 0 Å². The summed E-state index contributed by atoms with van der Waals surface area (Å²) in [5, 5.41) is 28.0. The minimum absolute atomic E-state index is 0. The largest absolute Gasteiger partial charge is 1.00 e. The first kappa shape index (κ1) is 63.0. The van der Waals surface area contributed by atoms with Crippen molar-refractivity contribution in [2.75, 3.05) is 0 Å². The second-order valence-electron chi connectivity index (χ2n) is 1.95. The van der Waals surface area contributed by atoms with Gasteiger partial charge in [-0.25, -0.2) is 0 Å². The molecule has 0 aliphatic heterocycles. The van der Waals surface area contributed by atoms with Gasteiger partial charge in [0.25, 0.3) is 0 Å². The predicted octanol–water partition coefficient (Wildman–Crippen LogP) is -6.24. The van der Waals surface area contributed by atoms with E-state index in [1.807, 2.05) is 0 Å². The van der Waals surface area contributed by atoms with Crippen LogP contribution in [0.2, 0.25) is 0 Å². The summed E-state index contributed by atoms with van der Waals surface area (Å²) in [6.45, 7) is 0. The van der Waals surface area contributed by atoms with E-state index in [2.05, 4.69) is 6.35 Å². The Labute approximate surface area is 163 Å². The molecular formula is H28N6O18P2W2. The number of hydrogen-bond acceptors (Lipinski definition) is 14. The molecule has 0 aromatic heterocycles. The third-order valence-electron chi connectivity index (χ3n) is 0.377. The summed E-state index contributed by atoms with van der Waals surface area (Å²) in [5.74, 6) is 0. The molecule has 0 rings (SSSR count). The van der Waals surface area contributed by atoms with Crippen molar-refractivity contribution in [1.82, 2.24) is 36.9 Å². The van der Waals surface area contributed by atoms with Crippen molar-refractivity contribution in [3.05, 3.63) is 0 Å². The molecule has 28 heteroatoms. The number of hydrogen-bond donors (Lipinski definition) is 10. The Balaban J connectivity index is -0.0000000207. The Bertz CT molecular complexity index is 505. The van der Waals surface area contributed by atoms with Crippen LogP contribution in [0.15, 0.2) is 0 Å². The predicted molar refractivity (Wildman–Crippen MR) is 64.9 cm³/mol. The zero-order valence-corrected chi connectivity index (χ0v) is 22.9. The zero-order valence-electron chi connectivity index (χ0n) is 15.2. The molecule has 0 spiro atoms. The van der Waals surface area contributed by atoms with Crippen LogP contribution in [-0.2, 0) is 62.6 Å². The maximum absolute atomic E-state index is 9.57. The van der Waals surface area contributed by atoms with Gasteiger partial charge in [-0.1, -0.05) is 0 Å². The summed E-state index contributed by atoms with van der Waals surface area (Å²) in [5.41, 5.74) is 0. The van der Waals surface area contributed by atoms with Crippen molar-refractivity contribution in [1.29, 1.82) is 0 Å². The summed E-state index contributed by atoms with van der Waals surface area (Å²) in [6, 6.07) is 0. The van der Waals surface area contributed by atoms with E-state index >= 15 is 0 Å². The van der Waals surface area contributed by atoms with E-state index in [0.29, 0.717) is 0 Å². The molecule has 28 N–H and O–H groups in total. The fourth-order valence-corrected chi connectivity index (χ4v) is 5.84. The molecule has 28 heavy (non-hydrogen) atoms. The van der Waals surface area contributed by atoms with Gasteiger partial charge in [0, 0.05) is 0 Å². The van der Waals surface area contributed by atoms with Crippen LogP contribution < -0.4 is 65.5 Å². The van der Waals surface area contributed by atoms with Gasteiger partial charge in [0.15, 0.2) is 0 Å². The third kappa shape index (κ3) is 111. The van der Waals surface area contributed by atoms with E-state index in [0.717, 1.165) is 0 Å². The van der Waals surface area contributed by atoms with Crippen LogP contribution in [0.4, 0.5) is 0 Å². The standard InChI is InChI=1S/6H3N.2H3O4P.2O2.6O.2W/c;;;;;;2*1-5(2,3)4;2*1-2;;;;;;;;/h6*1H3;2*(H3,1,2,3,4);;;;;;;;;;/q;;;;;;;;2*-2;;;;;2*-1;2*+1/p+4. The van der Waals surface area contributed by atoms with Gasteiger partial charge < -0.3 is 57.9 Å². The normalized spacial score (nSPS) is 9.21. The van der Waals surface area contributed by atoms with Crippen LogP contribution in [0.25, 0.3) is 0 Å². The summed E-state index contributed by atoms with van der Waals surface area (Å²) >= 11 is -12.9. The second-order valence-corrected chi connectivity index (χ2v) is 13.3. The molecule has 0 heterocycles. The van der Waals surface area contributed by atoms with Crippen molar-refractivity contribution >= 4 is 15.6 Å². The Kier molecular flexibility index (Phi) is 61.4. The summed E-state index contributed by atoms with van der Waals surface area (Å²) in [4.78, 5) is 30.8. The zero-order chi connectivity index (χ0) is 19.4. The first-order valence-corrected chi connectivity index (χ1v) is 15.8. The fourth-order valence-electron chi connectivity index (χ4n) is 0.238. The Morgan fingerprint density at radius 1 is 0.536 bits per heavy atom. The minimum atomic E-state index is -6.44. The molecule has 0 aliphatic carbocycles. The van der Waals surface area contributed by atoms with Crippen molar-refractivity contribution in [3.8, 4) is 0 Å². The molecule has 0 aromatic carbocycles. The molecule has 0 bridgehead atoms. The first-order chi connectivity index (χ1) is 9.41. The quantitative estimate of drug-likeness (QED) is 0.0716. The van der Waals surface area contributed by atoms with Gasteiger partial charge in [-0.2, -0.15) is 0 Å². The molecule has 0 radical (unpaired) electrons. The van der Waals surface area contributed by atoms with E-state index in [-0.39, 0.29) is 36.9 Å². The average Bonchev–Trinajstić information content (AvgIpc) is 2.13. The SMILES string of the molecule is O=P(O)(O)[O][W](=[O])(=[O])[O-].O=P(O)(O)[O][W](=[O])(=[O])[O-].[NH4+].[NH4+].[NH4+].[NH4+].[NH4+].[NH4+].[O-][O-].[O-][O-]. The van der Waals surface area contributed by atoms with Crippen LogP contribution in [0.5, 0.6) is 0 Å². The number of quaternary nitrogens is 6. The number of phosphoric acid groups is 2. The minimum Gasteiger partial charge on any atom is -1.00 e. The van der Waals surface area contributed by atoms with Gasteiger partial charge in [0.05, 0.1) is 0 Å². The van der Waals surface area contributed by atoms with Gasteiger partial charge in [0.1, 0.15) is 0 Å². The number of rotatable bonds is 4. The Morgan fingerprint density at radius 3 is 0.643 bits per heavy atom. The molecule has 188 valence electrons. The summed E-state index contributed by atoms with van der Waals surface area (Å²) in [7, 11) is -10.3. The van der Waals surface area contributed by atoms with Gasteiger partial charge >= 0.3 is 105 Å². The molecule has 0 unspecified atom stereocenters. The van der Waals surface area contributed by atoms with E-state index in [1.165, 1.54) is 0 Å². The van der Waals surface area contributed by atoms with E-state index in [4.69, 9.17) is 40.6 Å². The fraction of sp³-hybridized carbons (Fsp3) is 0. The molecule has 0 fully saturated rings. The van der Waals surface area contributed by atoms with Gasteiger partial charge in [0.2, 0.25) is 0 Å². The second kappa shape index (κ2) is 27.3. The van der Waals surface area contributed by atoms with Crippen molar-refractivity contribution in [2.24, 2.45) is 0 Å². The smallest absolute Gasteiger partial charge is 0.369 e. The monoisotopic (exact) mass is 830 g/mol. The van der Waals surface area contributed by atoms with E-state index in [1.54, 1.807) is 0 Å². The van der Waals surface area contributed by atoms with Gasteiger partial charge in [-0.3, -0.25) is 0 Å². The van der Waals surface area contributed by atoms with E-state index < -0.39 is 49.1 Å². The third-order valence-corrected chi connectivity index (χ3v) is 9.25. The van der Waals surface area contributed by atoms with Crippen LogP contribution in [0.3, 0.4) is 0 Å². The van der Waals surface area contributed by atoms with Gasteiger partial charge in [-0.15, -0.1) is 0 Å². The summed E-state index contributed by atoms with van der Waals surface area (Å²) < 4.78 is 81.8. The first-order valence-electron chi connectivity index (χ1n) is 3.20. The topological polar surface area (TPSA) is 559 Å². The molecule has 0 amide bonds. The molecular weight excluding hydrogens is 802 g/mol. The van der Waals surface area contributed by atoms with Crippen LogP contribution in [-0.4, -0.2) is 19.6 Å².